The average Bonchev–Trinajstić information content (AvgIpc) is 3.02. The van der Waals surface area contributed by atoms with Crippen LogP contribution in [0, 0.1) is 12.7 Å². The molecule has 4 nitrogen and oxygen atoms in total. The summed E-state index contributed by atoms with van der Waals surface area (Å²) in [6.07, 6.45) is 5.16. The molecule has 1 aliphatic rings. The number of hydrogen-bond donors (Lipinski definition) is 0. The lowest BCUT2D eigenvalue weighted by Crippen LogP contribution is -2.14. The van der Waals surface area contributed by atoms with Crippen LogP contribution in [0.4, 0.5) is 4.39 Å². The maximum absolute atomic E-state index is 13.8. The van der Waals surface area contributed by atoms with Gasteiger partial charge in [-0.1, -0.05) is 11.6 Å². The Hall–Kier alpha value is -2.79. The second kappa shape index (κ2) is 5.61. The molecule has 0 amide bonds. The molecular weight excluding hydrogens is 351 g/mol. The third kappa shape index (κ3) is 2.24. The van der Waals surface area contributed by atoms with Gasteiger partial charge < -0.3 is 0 Å². The van der Waals surface area contributed by atoms with E-state index in [1.807, 2.05) is 17.6 Å². The molecule has 0 saturated carbocycles. The molecule has 0 radical (unpaired) electrons. The standard InChI is InChI=1S/C20H14ClFN4/c1-11-24-25-19-5-3-12-6-14(7-18(21)20(12)26(11)19)17-10-23-9-13-2-4-15(22)8-16(13)17/h2,4,6-10H,3,5H2,1H3. The Bertz CT molecular complexity index is 1180. The first-order valence-corrected chi connectivity index (χ1v) is 8.77. The van der Waals surface area contributed by atoms with E-state index in [0.29, 0.717) is 5.02 Å². The largest absolute Gasteiger partial charge is 0.281 e. The Balaban J connectivity index is 1.76. The number of halogens is 2. The molecule has 1 aliphatic heterocycles. The van der Waals surface area contributed by atoms with Gasteiger partial charge in [-0.2, -0.15) is 0 Å². The van der Waals surface area contributed by atoms with E-state index < -0.39 is 0 Å². The highest BCUT2D eigenvalue weighted by Crippen LogP contribution is 2.37. The summed E-state index contributed by atoms with van der Waals surface area (Å²) in [6.45, 7) is 1.92. The van der Waals surface area contributed by atoms with E-state index in [9.17, 15) is 4.39 Å². The summed E-state index contributed by atoms with van der Waals surface area (Å²) in [4.78, 5) is 4.31. The van der Waals surface area contributed by atoms with Crippen molar-refractivity contribution in [2.45, 2.75) is 19.8 Å². The van der Waals surface area contributed by atoms with Gasteiger partial charge in [-0.05, 0) is 60.2 Å². The highest BCUT2D eigenvalue weighted by Gasteiger charge is 2.23. The van der Waals surface area contributed by atoms with Crippen molar-refractivity contribution < 1.29 is 4.39 Å². The summed E-state index contributed by atoms with van der Waals surface area (Å²) in [5, 5.41) is 10.8. The zero-order chi connectivity index (χ0) is 17.8. The fraction of sp³-hybridized carbons (Fsp3) is 0.150. The second-order valence-corrected chi connectivity index (χ2v) is 6.92. The fourth-order valence-electron chi connectivity index (χ4n) is 3.72. The zero-order valence-corrected chi connectivity index (χ0v) is 14.8. The molecule has 0 aliphatic carbocycles. The summed E-state index contributed by atoms with van der Waals surface area (Å²) in [5.74, 6) is 1.49. The lowest BCUT2D eigenvalue weighted by molar-refractivity contribution is 0.630. The van der Waals surface area contributed by atoms with E-state index in [0.717, 1.165) is 57.6 Å². The van der Waals surface area contributed by atoms with E-state index in [-0.39, 0.29) is 5.82 Å². The first-order valence-electron chi connectivity index (χ1n) is 8.39. The minimum absolute atomic E-state index is 0.265. The molecule has 26 heavy (non-hydrogen) atoms. The number of aryl methyl sites for hydroxylation is 3. The topological polar surface area (TPSA) is 43.6 Å². The van der Waals surface area contributed by atoms with E-state index in [2.05, 4.69) is 21.2 Å². The second-order valence-electron chi connectivity index (χ2n) is 6.52. The molecule has 2 aromatic heterocycles. The predicted octanol–water partition coefficient (Wildman–Crippen LogP) is 4.68. The molecule has 128 valence electrons. The van der Waals surface area contributed by atoms with Crippen molar-refractivity contribution in [3.8, 4) is 16.8 Å². The zero-order valence-electron chi connectivity index (χ0n) is 14.0. The van der Waals surface area contributed by atoms with Gasteiger partial charge in [0, 0.05) is 29.8 Å². The van der Waals surface area contributed by atoms with Crippen LogP contribution in [0.15, 0.2) is 42.7 Å². The van der Waals surface area contributed by atoms with E-state index >= 15 is 0 Å². The molecule has 6 heteroatoms. The monoisotopic (exact) mass is 364 g/mol. The van der Waals surface area contributed by atoms with Crippen LogP contribution in [0.3, 0.4) is 0 Å². The predicted molar refractivity (Wildman–Crippen MR) is 99.2 cm³/mol. The van der Waals surface area contributed by atoms with Crippen LogP contribution in [-0.4, -0.2) is 19.7 Å². The van der Waals surface area contributed by atoms with Crippen LogP contribution in [0.5, 0.6) is 0 Å². The van der Waals surface area contributed by atoms with Gasteiger partial charge in [-0.25, -0.2) is 4.39 Å². The van der Waals surface area contributed by atoms with Crippen molar-refractivity contribution in [3.05, 3.63) is 70.8 Å². The number of aromatic nitrogens is 4. The number of nitrogens with zero attached hydrogens (tertiary/aromatic N) is 4. The number of hydrogen-bond acceptors (Lipinski definition) is 3. The number of pyridine rings is 1. The third-order valence-corrected chi connectivity index (χ3v) is 5.20. The Morgan fingerprint density at radius 2 is 1.96 bits per heavy atom. The van der Waals surface area contributed by atoms with Crippen LogP contribution in [0.25, 0.3) is 27.6 Å². The maximum Gasteiger partial charge on any atom is 0.137 e. The van der Waals surface area contributed by atoms with Crippen molar-refractivity contribution in [1.82, 2.24) is 19.7 Å². The van der Waals surface area contributed by atoms with Crippen molar-refractivity contribution in [2.24, 2.45) is 0 Å². The summed E-state index contributed by atoms with van der Waals surface area (Å²) in [6, 6.07) is 8.76. The smallest absolute Gasteiger partial charge is 0.137 e. The molecule has 2 aromatic carbocycles. The number of benzene rings is 2. The molecule has 0 saturated heterocycles. The molecule has 4 aromatic rings. The molecule has 0 fully saturated rings. The summed E-state index contributed by atoms with van der Waals surface area (Å²) in [7, 11) is 0. The Morgan fingerprint density at radius 1 is 1.08 bits per heavy atom. The van der Waals surface area contributed by atoms with E-state index in [4.69, 9.17) is 11.6 Å². The van der Waals surface area contributed by atoms with Gasteiger partial charge in [0.15, 0.2) is 0 Å². The highest BCUT2D eigenvalue weighted by atomic mass is 35.5. The van der Waals surface area contributed by atoms with Crippen LogP contribution >= 0.6 is 11.6 Å². The van der Waals surface area contributed by atoms with Crippen LogP contribution in [0.1, 0.15) is 17.2 Å². The molecule has 0 N–H and O–H groups in total. The third-order valence-electron chi connectivity index (χ3n) is 4.91. The quantitative estimate of drug-likeness (QED) is 0.492. The fourth-order valence-corrected chi connectivity index (χ4v) is 4.05. The van der Waals surface area contributed by atoms with Crippen LogP contribution in [0.2, 0.25) is 5.02 Å². The van der Waals surface area contributed by atoms with Crippen molar-refractivity contribution in [1.29, 1.82) is 0 Å². The van der Waals surface area contributed by atoms with Crippen molar-refractivity contribution in [2.75, 3.05) is 0 Å². The van der Waals surface area contributed by atoms with Crippen LogP contribution < -0.4 is 0 Å². The van der Waals surface area contributed by atoms with Gasteiger partial charge in [0.2, 0.25) is 0 Å². The molecular formula is C20H14ClFN4. The van der Waals surface area contributed by atoms with Gasteiger partial charge in [0.25, 0.3) is 0 Å². The van der Waals surface area contributed by atoms with Gasteiger partial charge >= 0.3 is 0 Å². The van der Waals surface area contributed by atoms with Gasteiger partial charge in [-0.3, -0.25) is 9.55 Å². The summed E-state index contributed by atoms with van der Waals surface area (Å²) in [5.41, 5.74) is 3.89. The minimum Gasteiger partial charge on any atom is -0.281 e. The van der Waals surface area contributed by atoms with E-state index in [1.54, 1.807) is 24.5 Å². The van der Waals surface area contributed by atoms with Crippen LogP contribution in [-0.2, 0) is 12.8 Å². The first kappa shape index (κ1) is 15.5. The average molecular weight is 365 g/mol. The first-order chi connectivity index (χ1) is 12.6. The Kier molecular flexibility index (Phi) is 3.34. The van der Waals surface area contributed by atoms with Gasteiger partial charge in [0.1, 0.15) is 17.5 Å². The SMILES string of the molecule is Cc1nnc2n1-c1c(Cl)cc(-c3cncc4ccc(F)cc34)cc1CC2. The molecule has 0 atom stereocenters. The number of fused-ring (bicyclic) bond motifs is 4. The summed E-state index contributed by atoms with van der Waals surface area (Å²) >= 11 is 6.67. The van der Waals surface area contributed by atoms with Crippen molar-refractivity contribution in [3.63, 3.8) is 0 Å². The molecule has 3 heterocycles. The summed E-state index contributed by atoms with van der Waals surface area (Å²) < 4.78 is 15.8. The van der Waals surface area contributed by atoms with E-state index in [1.165, 1.54) is 6.07 Å². The van der Waals surface area contributed by atoms with Crippen molar-refractivity contribution >= 4 is 22.4 Å². The minimum atomic E-state index is -0.265. The molecule has 0 spiro atoms. The lowest BCUT2D eigenvalue weighted by Gasteiger charge is -2.21. The number of rotatable bonds is 1. The highest BCUT2D eigenvalue weighted by molar-refractivity contribution is 6.33. The normalized spacial score (nSPS) is 12.9. The molecule has 0 bridgehead atoms. The van der Waals surface area contributed by atoms with Gasteiger partial charge in [0.05, 0.1) is 10.7 Å². The van der Waals surface area contributed by atoms with Gasteiger partial charge in [-0.15, -0.1) is 10.2 Å². The lowest BCUT2D eigenvalue weighted by atomic mass is 9.95. The maximum atomic E-state index is 13.8. The Labute approximate surface area is 154 Å². The molecule has 5 rings (SSSR count). The Morgan fingerprint density at radius 3 is 2.85 bits per heavy atom. The molecule has 0 unspecified atom stereocenters.